The first-order valence-corrected chi connectivity index (χ1v) is 8.85. The highest BCUT2D eigenvalue weighted by Crippen LogP contribution is 2.27. The summed E-state index contributed by atoms with van der Waals surface area (Å²) >= 11 is 0. The van der Waals surface area contributed by atoms with E-state index in [4.69, 9.17) is 0 Å². The maximum Gasteiger partial charge on any atom is 0.243 e. The molecule has 4 heteroatoms. The summed E-state index contributed by atoms with van der Waals surface area (Å²) in [5.41, 5.74) is 0. The average Bonchev–Trinajstić information content (AvgIpc) is 2.98. The third kappa shape index (κ3) is 4.07. The number of hydrogen-bond acceptors (Lipinski definition) is 2. The van der Waals surface area contributed by atoms with Crippen LogP contribution in [0.1, 0.15) is 39.0 Å². The maximum absolute atomic E-state index is 3.80. The smallest absolute Gasteiger partial charge is 0.243 e. The Morgan fingerprint density at radius 1 is 1.24 bits per heavy atom. The van der Waals surface area contributed by atoms with Gasteiger partial charge in [-0.2, -0.15) is 0 Å². The molecule has 0 saturated carbocycles. The lowest BCUT2D eigenvalue weighted by Gasteiger charge is -2.45. The van der Waals surface area contributed by atoms with Crippen LogP contribution >= 0.6 is 0 Å². The number of piperidine rings is 3. The molecule has 0 amide bonds. The highest BCUT2D eigenvalue weighted by Gasteiger charge is 2.33. The van der Waals surface area contributed by atoms with Crippen LogP contribution in [-0.2, 0) is 13.1 Å². The lowest BCUT2D eigenvalue weighted by Crippen LogP contribution is -2.56. The molecule has 4 heterocycles. The predicted molar refractivity (Wildman–Crippen MR) is 85.1 cm³/mol. The second kappa shape index (κ2) is 7.41. The Morgan fingerprint density at radius 2 is 2.10 bits per heavy atom. The zero-order valence-corrected chi connectivity index (χ0v) is 13.5. The van der Waals surface area contributed by atoms with Crippen LogP contribution in [0.25, 0.3) is 0 Å². The van der Waals surface area contributed by atoms with Gasteiger partial charge in [-0.1, -0.05) is 13.3 Å². The van der Waals surface area contributed by atoms with Crippen molar-refractivity contribution >= 4 is 0 Å². The summed E-state index contributed by atoms with van der Waals surface area (Å²) < 4.78 is 4.64. The molecule has 118 valence electrons. The third-order valence-corrected chi connectivity index (χ3v) is 5.17. The average molecular weight is 291 g/mol. The van der Waals surface area contributed by atoms with Crippen LogP contribution in [0.3, 0.4) is 0 Å². The summed E-state index contributed by atoms with van der Waals surface area (Å²) in [7, 11) is 0. The van der Waals surface area contributed by atoms with Gasteiger partial charge in [0.1, 0.15) is 12.4 Å². The normalized spacial score (nSPS) is 28.1. The molecule has 0 aliphatic carbocycles. The van der Waals surface area contributed by atoms with Gasteiger partial charge in [-0.05, 0) is 51.2 Å². The van der Waals surface area contributed by atoms with E-state index < -0.39 is 0 Å². The number of nitrogens with zero attached hydrogens (tertiary/aromatic N) is 3. The van der Waals surface area contributed by atoms with Crippen LogP contribution in [0.2, 0.25) is 0 Å². The molecule has 1 aromatic heterocycles. The SMILES string of the molecule is CCCCn1cc[n+](CCCNC2CN3CCC2CC3)c1. The van der Waals surface area contributed by atoms with Gasteiger partial charge in [0.2, 0.25) is 6.33 Å². The van der Waals surface area contributed by atoms with E-state index in [2.05, 4.69) is 45.0 Å². The molecular formula is C17H31N4+. The van der Waals surface area contributed by atoms with Crippen molar-refractivity contribution < 1.29 is 4.57 Å². The number of hydrogen-bond donors (Lipinski definition) is 1. The molecule has 4 rings (SSSR count). The van der Waals surface area contributed by atoms with E-state index in [0.717, 1.165) is 31.6 Å². The molecule has 1 atom stereocenters. The molecule has 4 nitrogen and oxygen atoms in total. The second-order valence-electron chi connectivity index (χ2n) is 6.80. The standard InChI is InChI=1S/C17H31N4/c1-2-3-8-20-12-13-21(15-20)9-4-7-18-17-14-19-10-5-16(17)6-11-19/h12-13,15-18H,2-11,14H2,1H3/q+1. The Balaban J connectivity index is 1.33. The Labute approximate surface area is 129 Å². The van der Waals surface area contributed by atoms with E-state index in [1.807, 2.05) is 0 Å². The fourth-order valence-electron chi connectivity index (χ4n) is 3.79. The van der Waals surface area contributed by atoms with Crippen molar-refractivity contribution in [2.45, 2.75) is 58.2 Å². The Bertz CT molecular complexity index is 420. The van der Waals surface area contributed by atoms with Gasteiger partial charge < -0.3 is 10.2 Å². The molecular weight excluding hydrogens is 260 g/mol. The second-order valence-corrected chi connectivity index (χ2v) is 6.80. The zero-order chi connectivity index (χ0) is 14.5. The Morgan fingerprint density at radius 3 is 2.81 bits per heavy atom. The lowest BCUT2D eigenvalue weighted by molar-refractivity contribution is -0.696. The van der Waals surface area contributed by atoms with Crippen LogP contribution in [0.4, 0.5) is 0 Å². The van der Waals surface area contributed by atoms with E-state index in [1.54, 1.807) is 0 Å². The first kappa shape index (κ1) is 15.0. The van der Waals surface area contributed by atoms with Crippen LogP contribution < -0.4 is 9.88 Å². The van der Waals surface area contributed by atoms with Gasteiger partial charge in [0.25, 0.3) is 0 Å². The van der Waals surface area contributed by atoms with Crippen molar-refractivity contribution in [1.29, 1.82) is 0 Å². The first-order valence-electron chi connectivity index (χ1n) is 8.85. The number of aryl methyl sites for hydroxylation is 2. The van der Waals surface area contributed by atoms with Crippen molar-refractivity contribution in [3.8, 4) is 0 Å². The number of rotatable bonds is 8. The molecule has 21 heavy (non-hydrogen) atoms. The van der Waals surface area contributed by atoms with Gasteiger partial charge in [-0.15, -0.1) is 0 Å². The summed E-state index contributed by atoms with van der Waals surface area (Å²) in [4.78, 5) is 2.63. The fourth-order valence-corrected chi connectivity index (χ4v) is 3.79. The monoisotopic (exact) mass is 291 g/mol. The van der Waals surface area contributed by atoms with E-state index in [9.17, 15) is 0 Å². The predicted octanol–water partition coefficient (Wildman–Crippen LogP) is 1.65. The fraction of sp³-hybridized carbons (Fsp3) is 0.824. The molecule has 3 fully saturated rings. The minimum atomic E-state index is 0.756. The van der Waals surface area contributed by atoms with Crippen molar-refractivity contribution in [3.05, 3.63) is 18.7 Å². The van der Waals surface area contributed by atoms with Gasteiger partial charge in [0.05, 0.1) is 13.1 Å². The minimum Gasteiger partial charge on any atom is -0.312 e. The molecule has 1 N–H and O–H groups in total. The number of fused-ring (bicyclic) bond motifs is 3. The van der Waals surface area contributed by atoms with E-state index >= 15 is 0 Å². The summed E-state index contributed by atoms with van der Waals surface area (Å²) in [5.74, 6) is 0.942. The minimum absolute atomic E-state index is 0.756. The molecule has 2 bridgehead atoms. The van der Waals surface area contributed by atoms with Gasteiger partial charge in [-0.25, -0.2) is 9.13 Å². The molecule has 1 unspecified atom stereocenters. The van der Waals surface area contributed by atoms with Crippen molar-refractivity contribution in [2.24, 2.45) is 5.92 Å². The summed E-state index contributed by atoms with van der Waals surface area (Å²) in [6.07, 6.45) is 13.3. The Kier molecular flexibility index (Phi) is 5.31. The Hall–Kier alpha value is -0.870. The quantitative estimate of drug-likeness (QED) is 0.582. The van der Waals surface area contributed by atoms with Crippen molar-refractivity contribution in [2.75, 3.05) is 26.2 Å². The molecule has 3 saturated heterocycles. The highest BCUT2D eigenvalue weighted by atomic mass is 15.2. The lowest BCUT2D eigenvalue weighted by atomic mass is 9.84. The van der Waals surface area contributed by atoms with E-state index in [-0.39, 0.29) is 0 Å². The molecule has 0 aromatic carbocycles. The van der Waals surface area contributed by atoms with Crippen LogP contribution in [-0.4, -0.2) is 41.7 Å². The maximum atomic E-state index is 3.80. The van der Waals surface area contributed by atoms with E-state index in [0.29, 0.717) is 0 Å². The van der Waals surface area contributed by atoms with Crippen molar-refractivity contribution in [3.63, 3.8) is 0 Å². The molecule has 1 aromatic rings. The van der Waals surface area contributed by atoms with Crippen LogP contribution in [0, 0.1) is 5.92 Å². The van der Waals surface area contributed by atoms with Crippen LogP contribution in [0.5, 0.6) is 0 Å². The highest BCUT2D eigenvalue weighted by molar-refractivity contribution is 4.90. The van der Waals surface area contributed by atoms with Gasteiger partial charge in [0, 0.05) is 12.6 Å². The summed E-state index contributed by atoms with van der Waals surface area (Å²) in [6, 6.07) is 0.756. The third-order valence-electron chi connectivity index (χ3n) is 5.17. The first-order chi connectivity index (χ1) is 10.3. The molecule has 0 spiro atoms. The topological polar surface area (TPSA) is 24.1 Å². The number of aromatic nitrogens is 2. The number of unbranched alkanes of at least 4 members (excludes halogenated alkanes) is 1. The summed E-state index contributed by atoms with van der Waals surface area (Å²) in [5, 5.41) is 3.80. The van der Waals surface area contributed by atoms with Gasteiger partial charge in [0.15, 0.2) is 0 Å². The van der Waals surface area contributed by atoms with Gasteiger partial charge >= 0.3 is 0 Å². The molecule has 0 radical (unpaired) electrons. The van der Waals surface area contributed by atoms with Gasteiger partial charge in [-0.3, -0.25) is 0 Å². The molecule has 3 aliphatic heterocycles. The molecule has 3 aliphatic rings. The number of imidazole rings is 1. The zero-order valence-electron chi connectivity index (χ0n) is 13.5. The number of nitrogens with one attached hydrogen (secondary N) is 1. The van der Waals surface area contributed by atoms with E-state index in [1.165, 1.54) is 51.7 Å². The largest absolute Gasteiger partial charge is 0.312 e. The van der Waals surface area contributed by atoms with Crippen LogP contribution in [0.15, 0.2) is 18.7 Å². The van der Waals surface area contributed by atoms with Crippen molar-refractivity contribution in [1.82, 2.24) is 14.8 Å². The summed E-state index contributed by atoms with van der Waals surface area (Å²) in [6.45, 7) is 9.65.